The fourth-order valence-corrected chi connectivity index (χ4v) is 5.85. The summed E-state index contributed by atoms with van der Waals surface area (Å²) in [6.07, 6.45) is 11.4. The fraction of sp³-hybridized carbons (Fsp3) is 0.692. The molecule has 2 aliphatic heterocycles. The number of carbonyl (C=O) groups excluding carboxylic acids is 2. The zero-order valence-electron chi connectivity index (χ0n) is 18.6. The largest absolute Gasteiger partial charge is 0.487 e. The molecule has 1 spiro atoms. The SMILES string of the molecule is O=C(C[C@H]1CC2(CCN(C(=O)C3CCCCC3)CC2)Oc2ccccc21)NCC1CC1. The van der Waals surface area contributed by atoms with Crippen molar-refractivity contribution in [2.75, 3.05) is 19.6 Å². The number of amides is 2. The van der Waals surface area contributed by atoms with E-state index in [1.165, 1.54) is 32.1 Å². The van der Waals surface area contributed by atoms with Crippen molar-refractivity contribution in [1.29, 1.82) is 0 Å². The zero-order chi connectivity index (χ0) is 21.3. The molecule has 5 heteroatoms. The number of rotatable bonds is 5. The van der Waals surface area contributed by atoms with E-state index in [0.29, 0.717) is 18.2 Å². The van der Waals surface area contributed by atoms with Crippen molar-refractivity contribution in [3.63, 3.8) is 0 Å². The van der Waals surface area contributed by atoms with E-state index >= 15 is 0 Å². The summed E-state index contributed by atoms with van der Waals surface area (Å²) in [7, 11) is 0. The van der Waals surface area contributed by atoms with E-state index in [4.69, 9.17) is 4.74 Å². The summed E-state index contributed by atoms with van der Waals surface area (Å²) in [5.41, 5.74) is 0.912. The third-order valence-electron chi connectivity index (χ3n) is 7.96. The molecule has 0 unspecified atom stereocenters. The normalized spacial score (nSPS) is 25.5. The van der Waals surface area contributed by atoms with Crippen molar-refractivity contribution in [3.05, 3.63) is 29.8 Å². The summed E-state index contributed by atoms with van der Waals surface area (Å²) < 4.78 is 6.58. The van der Waals surface area contributed by atoms with Gasteiger partial charge in [0, 0.05) is 50.7 Å². The van der Waals surface area contributed by atoms with Gasteiger partial charge in [-0.1, -0.05) is 37.5 Å². The Morgan fingerprint density at radius 3 is 2.52 bits per heavy atom. The first kappa shape index (κ1) is 20.8. The highest BCUT2D eigenvalue weighted by atomic mass is 16.5. The van der Waals surface area contributed by atoms with Gasteiger partial charge in [-0.15, -0.1) is 0 Å². The second kappa shape index (κ2) is 8.84. The minimum Gasteiger partial charge on any atom is -0.487 e. The molecule has 31 heavy (non-hydrogen) atoms. The molecule has 5 rings (SSSR count). The third kappa shape index (κ3) is 4.75. The monoisotopic (exact) mass is 424 g/mol. The van der Waals surface area contributed by atoms with E-state index in [-0.39, 0.29) is 23.3 Å². The summed E-state index contributed by atoms with van der Waals surface area (Å²) in [4.78, 5) is 27.7. The van der Waals surface area contributed by atoms with Crippen LogP contribution in [-0.2, 0) is 9.59 Å². The van der Waals surface area contributed by atoms with Crippen LogP contribution in [0.5, 0.6) is 5.75 Å². The van der Waals surface area contributed by atoms with Gasteiger partial charge >= 0.3 is 0 Å². The van der Waals surface area contributed by atoms with Crippen LogP contribution in [0.3, 0.4) is 0 Å². The lowest BCUT2D eigenvalue weighted by molar-refractivity contribution is -0.140. The average molecular weight is 425 g/mol. The molecule has 2 heterocycles. The molecule has 2 saturated carbocycles. The van der Waals surface area contributed by atoms with Crippen LogP contribution in [0.2, 0.25) is 0 Å². The molecular weight excluding hydrogens is 388 g/mol. The zero-order valence-corrected chi connectivity index (χ0v) is 18.6. The Bertz CT molecular complexity index is 805. The Morgan fingerprint density at radius 2 is 1.77 bits per heavy atom. The predicted octanol–water partition coefficient (Wildman–Crippen LogP) is 4.41. The van der Waals surface area contributed by atoms with Crippen LogP contribution in [0.15, 0.2) is 24.3 Å². The van der Waals surface area contributed by atoms with E-state index in [2.05, 4.69) is 16.3 Å². The Hall–Kier alpha value is -2.04. The van der Waals surface area contributed by atoms with E-state index in [0.717, 1.165) is 63.1 Å². The molecule has 1 atom stereocenters. The van der Waals surface area contributed by atoms with E-state index < -0.39 is 0 Å². The number of nitrogens with one attached hydrogen (secondary N) is 1. The highest BCUT2D eigenvalue weighted by Crippen LogP contribution is 2.46. The van der Waals surface area contributed by atoms with Crippen molar-refractivity contribution >= 4 is 11.8 Å². The number of piperidine rings is 1. The number of carbonyl (C=O) groups is 2. The number of ether oxygens (including phenoxy) is 1. The van der Waals surface area contributed by atoms with Gasteiger partial charge in [-0.05, 0) is 49.7 Å². The third-order valence-corrected chi connectivity index (χ3v) is 7.96. The summed E-state index contributed by atoms with van der Waals surface area (Å²) in [5.74, 6) is 2.57. The van der Waals surface area contributed by atoms with Crippen molar-refractivity contribution in [3.8, 4) is 5.75 Å². The van der Waals surface area contributed by atoms with Gasteiger partial charge in [0.1, 0.15) is 11.4 Å². The maximum absolute atomic E-state index is 13.0. The van der Waals surface area contributed by atoms with Gasteiger partial charge in [0.15, 0.2) is 0 Å². The van der Waals surface area contributed by atoms with Crippen LogP contribution in [0.1, 0.15) is 82.1 Å². The molecule has 2 amide bonds. The van der Waals surface area contributed by atoms with Crippen molar-refractivity contribution in [2.45, 2.75) is 82.1 Å². The Kier molecular flexibility index (Phi) is 5.94. The Balaban J connectivity index is 1.24. The molecule has 4 aliphatic rings. The van der Waals surface area contributed by atoms with Gasteiger partial charge in [0.05, 0.1) is 0 Å². The number of hydrogen-bond donors (Lipinski definition) is 1. The minimum absolute atomic E-state index is 0.161. The molecule has 3 fully saturated rings. The Labute approximate surface area is 185 Å². The number of benzene rings is 1. The topological polar surface area (TPSA) is 58.6 Å². The van der Waals surface area contributed by atoms with Gasteiger partial charge in [-0.25, -0.2) is 0 Å². The van der Waals surface area contributed by atoms with Crippen molar-refractivity contribution in [2.24, 2.45) is 11.8 Å². The maximum atomic E-state index is 13.0. The number of para-hydroxylation sites is 1. The van der Waals surface area contributed by atoms with Gasteiger partial charge < -0.3 is 15.0 Å². The maximum Gasteiger partial charge on any atom is 0.225 e. The van der Waals surface area contributed by atoms with E-state index in [1.54, 1.807) is 0 Å². The van der Waals surface area contributed by atoms with E-state index in [1.807, 2.05) is 18.2 Å². The van der Waals surface area contributed by atoms with Crippen molar-refractivity contribution < 1.29 is 14.3 Å². The van der Waals surface area contributed by atoms with Crippen LogP contribution >= 0.6 is 0 Å². The summed E-state index contributed by atoms with van der Waals surface area (Å²) in [6.45, 7) is 2.38. The quantitative estimate of drug-likeness (QED) is 0.762. The lowest BCUT2D eigenvalue weighted by Gasteiger charge is -2.47. The summed E-state index contributed by atoms with van der Waals surface area (Å²) >= 11 is 0. The highest BCUT2D eigenvalue weighted by molar-refractivity contribution is 5.79. The minimum atomic E-state index is -0.251. The summed E-state index contributed by atoms with van der Waals surface area (Å²) in [5, 5.41) is 3.14. The van der Waals surface area contributed by atoms with Gasteiger partial charge in [-0.3, -0.25) is 9.59 Å². The number of hydrogen-bond acceptors (Lipinski definition) is 3. The first-order chi connectivity index (χ1) is 15.1. The molecule has 168 valence electrons. The molecule has 1 saturated heterocycles. The molecule has 0 radical (unpaired) electrons. The molecule has 1 aromatic rings. The number of likely N-dealkylation sites (tertiary alicyclic amines) is 1. The van der Waals surface area contributed by atoms with Gasteiger partial charge in [-0.2, -0.15) is 0 Å². The fourth-order valence-electron chi connectivity index (χ4n) is 5.85. The van der Waals surface area contributed by atoms with Crippen LogP contribution in [0, 0.1) is 11.8 Å². The molecule has 0 bridgehead atoms. The van der Waals surface area contributed by atoms with Crippen LogP contribution in [0.25, 0.3) is 0 Å². The lowest BCUT2D eigenvalue weighted by atomic mass is 9.76. The molecule has 5 nitrogen and oxygen atoms in total. The van der Waals surface area contributed by atoms with Crippen molar-refractivity contribution in [1.82, 2.24) is 10.2 Å². The smallest absolute Gasteiger partial charge is 0.225 e. The number of fused-ring (bicyclic) bond motifs is 1. The molecule has 1 aromatic carbocycles. The molecule has 0 aromatic heterocycles. The van der Waals surface area contributed by atoms with Crippen LogP contribution < -0.4 is 10.1 Å². The van der Waals surface area contributed by atoms with E-state index in [9.17, 15) is 9.59 Å². The standard InChI is InChI=1S/C26H36N2O3/c29-24(27-18-19-10-11-19)16-21-17-26(31-23-9-5-4-8-22(21)23)12-14-28(15-13-26)25(30)20-6-2-1-3-7-20/h4-5,8-9,19-21H,1-3,6-7,10-18H2,(H,27,29)/t21-/m0/s1. The first-order valence-electron chi connectivity index (χ1n) is 12.5. The Morgan fingerprint density at radius 1 is 1.03 bits per heavy atom. The van der Waals surface area contributed by atoms with Crippen LogP contribution in [0.4, 0.5) is 0 Å². The lowest BCUT2D eigenvalue weighted by Crippen LogP contribution is -2.53. The van der Waals surface area contributed by atoms with Crippen LogP contribution in [-0.4, -0.2) is 41.9 Å². The second-order valence-corrected chi connectivity index (χ2v) is 10.3. The summed E-state index contributed by atoms with van der Waals surface area (Å²) in [6, 6.07) is 8.22. The molecule has 2 aliphatic carbocycles. The second-order valence-electron chi connectivity index (χ2n) is 10.3. The van der Waals surface area contributed by atoms with Gasteiger partial charge in [0.25, 0.3) is 0 Å². The average Bonchev–Trinajstić information content (AvgIpc) is 3.63. The molecular formula is C26H36N2O3. The molecule has 1 N–H and O–H groups in total. The predicted molar refractivity (Wildman–Crippen MR) is 120 cm³/mol. The van der Waals surface area contributed by atoms with Gasteiger partial charge in [0.2, 0.25) is 11.8 Å². The highest BCUT2D eigenvalue weighted by Gasteiger charge is 2.44. The number of nitrogens with zero attached hydrogens (tertiary/aromatic N) is 1. The first-order valence-corrected chi connectivity index (χ1v) is 12.5.